The summed E-state index contributed by atoms with van der Waals surface area (Å²) >= 11 is 4.63. The van der Waals surface area contributed by atoms with Crippen molar-refractivity contribution in [3.05, 3.63) is 0 Å². The van der Waals surface area contributed by atoms with Gasteiger partial charge in [0.2, 0.25) is 0 Å². The summed E-state index contributed by atoms with van der Waals surface area (Å²) in [6, 6.07) is 0. The third kappa shape index (κ3) is 7.54. The minimum atomic E-state index is -1.35. The van der Waals surface area contributed by atoms with Crippen LogP contribution >= 0.6 is 7.92 Å². The number of aliphatic hydroxyl groups is 4. The van der Waals surface area contributed by atoms with Crippen molar-refractivity contribution in [1.29, 1.82) is 0 Å². The molecule has 1 heterocycles. The van der Waals surface area contributed by atoms with Gasteiger partial charge < -0.3 is 37.8 Å². The fourth-order valence-corrected chi connectivity index (χ4v) is 3.62. The van der Waals surface area contributed by atoms with Crippen molar-refractivity contribution in [1.82, 2.24) is 0 Å². The molecular formula is C12H27AuO5PS+. The number of rotatable bonds is 4. The molecule has 1 fully saturated rings. The van der Waals surface area contributed by atoms with E-state index in [2.05, 4.69) is 33.4 Å². The van der Waals surface area contributed by atoms with E-state index >= 15 is 0 Å². The predicted octanol–water partition coefficient (Wildman–Crippen LogP) is -0.409. The summed E-state index contributed by atoms with van der Waals surface area (Å²) in [5.74, 6) is 0. The Morgan fingerprint density at radius 2 is 1.40 bits per heavy atom. The van der Waals surface area contributed by atoms with Gasteiger partial charge in [0.05, 0.1) is 31.2 Å². The molecule has 0 aliphatic carbocycles. The first-order valence-corrected chi connectivity index (χ1v) is 9.31. The van der Waals surface area contributed by atoms with Gasteiger partial charge in [-0.2, -0.15) is 0 Å². The average molecular weight is 511 g/mol. The van der Waals surface area contributed by atoms with Gasteiger partial charge in [-0.25, -0.2) is 0 Å². The van der Waals surface area contributed by atoms with Crippen LogP contribution in [0.4, 0.5) is 0 Å². The van der Waals surface area contributed by atoms with Crippen LogP contribution in [0.2, 0.25) is 0 Å². The van der Waals surface area contributed by atoms with Crippen molar-refractivity contribution in [3.8, 4) is 0 Å². The number of hydrogen-bond acceptors (Lipinski definition) is 6. The van der Waals surface area contributed by atoms with Crippen molar-refractivity contribution in [2.75, 3.05) is 25.1 Å². The number of hydrogen-bond donors (Lipinski definition) is 4. The van der Waals surface area contributed by atoms with Crippen molar-refractivity contribution in [2.45, 2.75) is 50.6 Å². The van der Waals surface area contributed by atoms with Crippen LogP contribution in [-0.4, -0.2) is 75.4 Å². The summed E-state index contributed by atoms with van der Waals surface area (Å²) in [7, 11) is 0.137. The Bertz CT molecular complexity index is 226. The summed E-state index contributed by atoms with van der Waals surface area (Å²) in [6.45, 7) is 6.49. The smallest absolute Gasteiger partial charge is 0.759 e. The summed E-state index contributed by atoms with van der Waals surface area (Å²) < 4.78 is 4.84. The van der Waals surface area contributed by atoms with Gasteiger partial charge >= 0.3 is 22.4 Å². The molecule has 1 saturated heterocycles. The number of ether oxygens (including phenoxy) is 1. The van der Waals surface area contributed by atoms with E-state index in [1.165, 1.54) is 18.5 Å². The molecule has 20 heavy (non-hydrogen) atoms. The molecule has 8 heteroatoms. The zero-order valence-electron chi connectivity index (χ0n) is 12.1. The van der Waals surface area contributed by atoms with Crippen LogP contribution in [0.5, 0.6) is 0 Å². The van der Waals surface area contributed by atoms with Gasteiger partial charge in [0.15, 0.2) is 0 Å². The molecule has 0 bridgehead atoms. The van der Waals surface area contributed by atoms with Gasteiger partial charge in [-0.3, -0.25) is 0 Å². The Kier molecular flexibility index (Phi) is 15.1. The number of aliphatic hydroxyl groups excluding tert-OH is 4. The second kappa shape index (κ2) is 12.8. The molecule has 0 aromatic heterocycles. The van der Waals surface area contributed by atoms with Gasteiger partial charge in [-0.15, -0.1) is 0 Å². The minimum Gasteiger partial charge on any atom is -0.759 e. The predicted molar refractivity (Wildman–Crippen MR) is 81.1 cm³/mol. The molecule has 4 unspecified atom stereocenters. The Labute approximate surface area is 143 Å². The molecule has 4 N–H and O–H groups in total. The van der Waals surface area contributed by atoms with Gasteiger partial charge in [0, 0.05) is 0 Å². The molecule has 126 valence electrons. The van der Waals surface area contributed by atoms with Crippen LogP contribution in [0.25, 0.3) is 0 Å². The zero-order chi connectivity index (χ0) is 15.0. The molecular weight excluding hydrogens is 484 g/mol. The Morgan fingerprint density at radius 1 is 0.950 bits per heavy atom. The Morgan fingerprint density at radius 3 is 1.70 bits per heavy atom. The molecule has 0 aromatic rings. The summed E-state index contributed by atoms with van der Waals surface area (Å²) in [5, 5.41) is 36.1. The molecule has 0 amide bonds. The molecule has 5 atom stereocenters. The first-order valence-electron chi connectivity index (χ1n) is 6.72. The third-order valence-corrected chi connectivity index (χ3v) is 6.74. The van der Waals surface area contributed by atoms with Crippen LogP contribution in [0.3, 0.4) is 0 Å². The maximum absolute atomic E-state index is 9.18. The standard InChI is InChI=1S/C6H12O5S.C6H15P.Au/c7-1-2-3(8)4(9)5(10)6(12)11-2;1-4-7(5-2)6-3;/h2-10,12H,1H2;4-6H2,1-3H3;/q;;+1/t2?,3?,4?,5?,6-;;/m0../s1. The van der Waals surface area contributed by atoms with Gasteiger partial charge in [0.25, 0.3) is 0 Å². The summed E-state index contributed by atoms with van der Waals surface area (Å²) in [4.78, 5) is 0. The van der Waals surface area contributed by atoms with Crippen LogP contribution in [-0.2, 0) is 39.7 Å². The maximum Gasteiger partial charge on any atom is 1.00 e. The molecule has 0 radical (unpaired) electrons. The SMILES string of the molecule is CC[PH+](CC)CC.OCC1O[C@@H]([S-])C(O)C(O)C1O.[Au+]. The van der Waals surface area contributed by atoms with E-state index in [9.17, 15) is 5.11 Å². The fourth-order valence-electron chi connectivity index (χ4n) is 1.82. The molecule has 1 rings (SSSR count). The van der Waals surface area contributed by atoms with Crippen molar-refractivity contribution in [3.63, 3.8) is 0 Å². The van der Waals surface area contributed by atoms with Crippen LogP contribution in [0.15, 0.2) is 0 Å². The molecule has 0 spiro atoms. The van der Waals surface area contributed by atoms with Crippen LogP contribution in [0, 0.1) is 0 Å². The summed E-state index contributed by atoms with van der Waals surface area (Å²) in [6.07, 6.45) is -0.459. The Balaban J connectivity index is 0. The van der Waals surface area contributed by atoms with E-state index in [1.807, 2.05) is 0 Å². The fraction of sp³-hybridized carbons (Fsp3) is 1.00. The quantitative estimate of drug-likeness (QED) is 0.233. The largest absolute Gasteiger partial charge is 1.00 e. The van der Waals surface area contributed by atoms with Gasteiger partial charge in [-0.05, 0) is 34.1 Å². The molecule has 1 aliphatic rings. The van der Waals surface area contributed by atoms with E-state index in [4.69, 9.17) is 20.1 Å². The van der Waals surface area contributed by atoms with Crippen molar-refractivity contribution in [2.24, 2.45) is 0 Å². The van der Waals surface area contributed by atoms with Crippen molar-refractivity contribution >= 4 is 20.6 Å². The van der Waals surface area contributed by atoms with E-state index in [0.29, 0.717) is 0 Å². The first-order chi connectivity index (χ1) is 8.92. The first kappa shape index (κ1) is 23.6. The zero-order valence-corrected chi connectivity index (χ0v) is 16.1. The second-order valence-electron chi connectivity index (χ2n) is 4.51. The van der Waals surface area contributed by atoms with E-state index in [1.54, 1.807) is 0 Å². The van der Waals surface area contributed by atoms with Gasteiger partial charge in [0.1, 0.15) is 18.3 Å². The van der Waals surface area contributed by atoms with E-state index in [0.717, 1.165) is 0 Å². The van der Waals surface area contributed by atoms with E-state index < -0.39 is 36.5 Å². The van der Waals surface area contributed by atoms with Crippen LogP contribution in [0.1, 0.15) is 20.8 Å². The van der Waals surface area contributed by atoms with Crippen LogP contribution < -0.4 is 0 Å². The molecule has 1 aliphatic heterocycles. The minimum absolute atomic E-state index is 0. The monoisotopic (exact) mass is 511 g/mol. The van der Waals surface area contributed by atoms with E-state index in [-0.39, 0.29) is 30.3 Å². The molecule has 0 aromatic carbocycles. The molecule has 0 saturated carbocycles. The third-order valence-electron chi connectivity index (χ3n) is 3.35. The maximum atomic E-state index is 9.18. The topological polar surface area (TPSA) is 90.2 Å². The van der Waals surface area contributed by atoms with Crippen molar-refractivity contribution < 1.29 is 47.5 Å². The normalized spacial score (nSPS) is 33.1. The average Bonchev–Trinajstić information content (AvgIpc) is 2.43. The summed E-state index contributed by atoms with van der Waals surface area (Å²) in [5.41, 5.74) is -0.986. The molecule has 5 nitrogen and oxygen atoms in total. The second-order valence-corrected chi connectivity index (χ2v) is 8.59. The van der Waals surface area contributed by atoms with Gasteiger partial charge in [-0.1, -0.05) is 0 Å². The Hall–Kier alpha value is 1.32.